The highest BCUT2D eigenvalue weighted by molar-refractivity contribution is 5.97. The molecule has 4 rings (SSSR count). The summed E-state index contributed by atoms with van der Waals surface area (Å²) in [5.74, 6) is 2.09. The predicted octanol–water partition coefficient (Wildman–Crippen LogP) is 2.00. The predicted molar refractivity (Wildman–Crippen MR) is 95.3 cm³/mol. The Labute approximate surface area is 142 Å². The molecule has 0 amide bonds. The molecule has 24 heavy (non-hydrogen) atoms. The van der Waals surface area contributed by atoms with E-state index in [0.29, 0.717) is 0 Å². The molecular weight excluding hydrogens is 298 g/mol. The molecule has 1 saturated heterocycles. The Morgan fingerprint density at radius 3 is 2.46 bits per heavy atom. The van der Waals surface area contributed by atoms with Crippen molar-refractivity contribution >= 4 is 11.8 Å². The van der Waals surface area contributed by atoms with E-state index in [1.165, 1.54) is 17.0 Å². The number of nitrogens with zero attached hydrogens (tertiary/aromatic N) is 4. The standard InChI is InChI=1S/C19H21N5/c1-15-14-17(16-6-3-2-4-7-16)22-18(15)23-10-12-24(13-11-23)19-20-8-5-9-21-19/h2-9,14,17H,10-13H2,1H3/p+1. The maximum absolute atomic E-state index is 4.35. The maximum atomic E-state index is 4.35. The summed E-state index contributed by atoms with van der Waals surface area (Å²) >= 11 is 0. The summed E-state index contributed by atoms with van der Waals surface area (Å²) in [5, 5.41) is 3.68. The monoisotopic (exact) mass is 320 g/mol. The number of nitrogens with one attached hydrogen (secondary N) is 1. The lowest BCUT2D eigenvalue weighted by atomic mass is 10.1. The van der Waals surface area contributed by atoms with Crippen LogP contribution in [-0.2, 0) is 0 Å². The van der Waals surface area contributed by atoms with Gasteiger partial charge in [-0.05, 0) is 19.1 Å². The van der Waals surface area contributed by atoms with Gasteiger partial charge < -0.3 is 4.90 Å². The minimum absolute atomic E-state index is 0.275. The van der Waals surface area contributed by atoms with E-state index in [0.717, 1.165) is 32.1 Å². The van der Waals surface area contributed by atoms with Crippen molar-refractivity contribution in [3.05, 3.63) is 66.0 Å². The number of piperazine rings is 1. The average molecular weight is 320 g/mol. The second-order valence-corrected chi connectivity index (χ2v) is 6.25. The zero-order valence-electron chi connectivity index (χ0n) is 13.9. The van der Waals surface area contributed by atoms with E-state index in [4.69, 9.17) is 0 Å². The fraction of sp³-hybridized carbons (Fsp3) is 0.316. The van der Waals surface area contributed by atoms with Gasteiger partial charge in [-0.3, -0.25) is 9.89 Å². The first-order valence-corrected chi connectivity index (χ1v) is 8.45. The van der Waals surface area contributed by atoms with E-state index >= 15 is 0 Å². The first-order valence-electron chi connectivity index (χ1n) is 8.45. The van der Waals surface area contributed by atoms with Crippen molar-refractivity contribution in [1.82, 2.24) is 15.3 Å². The van der Waals surface area contributed by atoms with Crippen molar-refractivity contribution in [2.75, 3.05) is 31.1 Å². The highest BCUT2D eigenvalue weighted by Gasteiger charge is 2.30. The van der Waals surface area contributed by atoms with Crippen molar-refractivity contribution in [3.63, 3.8) is 0 Å². The molecule has 0 bridgehead atoms. The Balaban J connectivity index is 1.48. The lowest BCUT2D eigenvalue weighted by Gasteiger charge is -2.28. The van der Waals surface area contributed by atoms with E-state index in [-0.39, 0.29) is 6.04 Å². The van der Waals surface area contributed by atoms with Gasteiger partial charge in [-0.15, -0.1) is 0 Å². The topological polar surface area (TPSA) is 44.1 Å². The zero-order chi connectivity index (χ0) is 16.4. The molecule has 1 N–H and O–H groups in total. The Morgan fingerprint density at radius 2 is 1.75 bits per heavy atom. The number of aromatic nitrogens is 2. The second-order valence-electron chi connectivity index (χ2n) is 6.25. The van der Waals surface area contributed by atoms with Crippen LogP contribution in [0.15, 0.2) is 60.4 Å². The molecule has 1 aromatic carbocycles. The van der Waals surface area contributed by atoms with Crippen LogP contribution in [0.2, 0.25) is 0 Å². The third kappa shape index (κ3) is 2.89. The van der Waals surface area contributed by atoms with Gasteiger partial charge in [0.2, 0.25) is 5.95 Å². The van der Waals surface area contributed by atoms with Crippen molar-refractivity contribution in [2.24, 2.45) is 0 Å². The van der Waals surface area contributed by atoms with E-state index in [2.05, 4.69) is 68.1 Å². The lowest BCUT2D eigenvalue weighted by molar-refractivity contribution is -0.531. The molecule has 1 atom stereocenters. The maximum Gasteiger partial charge on any atom is 0.273 e. The number of rotatable bonds is 2. The molecule has 5 heteroatoms. The zero-order valence-corrected chi connectivity index (χ0v) is 13.9. The summed E-state index contributed by atoms with van der Waals surface area (Å²) in [6, 6.07) is 12.7. The highest BCUT2D eigenvalue weighted by atomic mass is 15.3. The van der Waals surface area contributed by atoms with Crippen LogP contribution in [0.25, 0.3) is 0 Å². The third-order valence-electron chi connectivity index (χ3n) is 4.67. The van der Waals surface area contributed by atoms with Crippen molar-refractivity contribution in [3.8, 4) is 0 Å². The molecule has 0 aliphatic carbocycles. The summed E-state index contributed by atoms with van der Waals surface area (Å²) in [4.78, 5) is 11.0. The SMILES string of the molecule is CC1=CC(c2ccccc2)NC1=[N+]1CCN(c2ncccn2)CC1. The van der Waals surface area contributed by atoms with Gasteiger partial charge in [0.15, 0.2) is 0 Å². The first kappa shape index (κ1) is 14.9. The minimum atomic E-state index is 0.275. The summed E-state index contributed by atoms with van der Waals surface area (Å²) in [6.07, 6.45) is 5.93. The van der Waals surface area contributed by atoms with E-state index in [9.17, 15) is 0 Å². The van der Waals surface area contributed by atoms with Gasteiger partial charge in [-0.1, -0.05) is 30.3 Å². The smallest absolute Gasteiger partial charge is 0.273 e. The summed E-state index contributed by atoms with van der Waals surface area (Å²) in [7, 11) is 0. The summed E-state index contributed by atoms with van der Waals surface area (Å²) in [6.45, 7) is 6.04. The third-order valence-corrected chi connectivity index (χ3v) is 4.67. The van der Waals surface area contributed by atoms with Gasteiger partial charge in [0.25, 0.3) is 5.84 Å². The van der Waals surface area contributed by atoms with Crippen molar-refractivity contribution in [1.29, 1.82) is 0 Å². The van der Waals surface area contributed by atoms with Gasteiger partial charge in [0.05, 0.1) is 13.1 Å². The molecule has 2 aliphatic rings. The second kappa shape index (κ2) is 6.43. The van der Waals surface area contributed by atoms with Crippen LogP contribution < -0.4 is 10.2 Å². The molecule has 0 saturated carbocycles. The van der Waals surface area contributed by atoms with Crippen LogP contribution in [0.4, 0.5) is 5.95 Å². The number of amidine groups is 1. The number of anilines is 1. The van der Waals surface area contributed by atoms with Crippen LogP contribution in [0, 0.1) is 0 Å². The molecule has 122 valence electrons. The Morgan fingerprint density at radius 1 is 1.04 bits per heavy atom. The molecule has 2 aromatic rings. The minimum Gasteiger partial charge on any atom is -0.333 e. The molecule has 0 spiro atoms. The van der Waals surface area contributed by atoms with Crippen LogP contribution in [0.5, 0.6) is 0 Å². The molecule has 2 aliphatic heterocycles. The molecule has 1 aromatic heterocycles. The lowest BCUT2D eigenvalue weighted by Crippen LogP contribution is -2.46. The number of hydrogen-bond donors (Lipinski definition) is 1. The van der Waals surface area contributed by atoms with Gasteiger partial charge in [0.1, 0.15) is 19.1 Å². The fourth-order valence-electron chi connectivity index (χ4n) is 3.40. The summed E-state index contributed by atoms with van der Waals surface area (Å²) < 4.78 is 2.44. The molecule has 1 fully saturated rings. The van der Waals surface area contributed by atoms with E-state index in [1.807, 2.05) is 6.07 Å². The average Bonchev–Trinajstić information content (AvgIpc) is 3.05. The molecule has 1 unspecified atom stereocenters. The normalized spacial score (nSPS) is 20.8. The number of hydrogen-bond acceptors (Lipinski definition) is 3. The first-order chi connectivity index (χ1) is 11.8. The van der Waals surface area contributed by atoms with Crippen LogP contribution in [0.3, 0.4) is 0 Å². The molecule has 0 radical (unpaired) electrons. The van der Waals surface area contributed by atoms with Gasteiger partial charge in [-0.2, -0.15) is 0 Å². The van der Waals surface area contributed by atoms with E-state index in [1.54, 1.807) is 12.4 Å². The summed E-state index contributed by atoms with van der Waals surface area (Å²) in [5.41, 5.74) is 2.64. The number of benzene rings is 1. The fourth-order valence-corrected chi connectivity index (χ4v) is 3.40. The molecule has 5 nitrogen and oxygen atoms in total. The molecule has 3 heterocycles. The van der Waals surface area contributed by atoms with Crippen LogP contribution >= 0.6 is 0 Å². The van der Waals surface area contributed by atoms with E-state index < -0.39 is 0 Å². The Bertz CT molecular complexity index is 757. The van der Waals surface area contributed by atoms with Crippen LogP contribution in [0.1, 0.15) is 18.5 Å². The Kier molecular flexibility index (Phi) is 3.99. The molecular formula is C19H22N5+. The van der Waals surface area contributed by atoms with Gasteiger partial charge >= 0.3 is 0 Å². The van der Waals surface area contributed by atoms with Crippen LogP contribution in [-0.4, -0.2) is 46.6 Å². The van der Waals surface area contributed by atoms with Crippen molar-refractivity contribution in [2.45, 2.75) is 13.0 Å². The van der Waals surface area contributed by atoms with Gasteiger partial charge in [0, 0.05) is 23.5 Å². The van der Waals surface area contributed by atoms with Gasteiger partial charge in [-0.25, -0.2) is 9.97 Å². The quantitative estimate of drug-likeness (QED) is 0.860. The highest BCUT2D eigenvalue weighted by Crippen LogP contribution is 2.22. The van der Waals surface area contributed by atoms with Crippen molar-refractivity contribution < 1.29 is 4.58 Å². The largest absolute Gasteiger partial charge is 0.333 e. The Hall–Kier alpha value is -2.69.